The lowest BCUT2D eigenvalue weighted by Gasteiger charge is -2.23. The van der Waals surface area contributed by atoms with Crippen LogP contribution in [-0.4, -0.2) is 30.8 Å². The van der Waals surface area contributed by atoms with Crippen molar-refractivity contribution in [3.8, 4) is 0 Å². The van der Waals surface area contributed by atoms with Crippen LogP contribution in [0.4, 0.5) is 0 Å². The Labute approximate surface area is 130 Å². The normalized spacial score (nSPS) is 13.6. The van der Waals surface area contributed by atoms with Crippen LogP contribution in [0.5, 0.6) is 0 Å². The van der Waals surface area contributed by atoms with E-state index in [4.69, 9.17) is 0 Å². The first-order chi connectivity index (χ1) is 10.3. The van der Waals surface area contributed by atoms with Crippen molar-refractivity contribution in [2.75, 3.05) is 7.05 Å². The zero-order valence-corrected chi connectivity index (χ0v) is 13.8. The summed E-state index contributed by atoms with van der Waals surface area (Å²) in [5, 5.41) is 0.867. The molecular weight excluding hydrogens is 302 g/mol. The second kappa shape index (κ2) is 6.60. The maximum Gasteiger partial charge on any atom is 0.279 e. The molecule has 0 radical (unpaired) electrons. The number of aromatic amines is 1. The summed E-state index contributed by atoms with van der Waals surface area (Å²) in [4.78, 5) is 14.8. The van der Waals surface area contributed by atoms with Crippen molar-refractivity contribution < 1.29 is 8.42 Å². The third kappa shape index (κ3) is 3.55. The molecule has 0 amide bonds. The van der Waals surface area contributed by atoms with Gasteiger partial charge in [-0.15, -0.1) is 0 Å². The van der Waals surface area contributed by atoms with Crippen molar-refractivity contribution in [2.24, 2.45) is 0 Å². The van der Waals surface area contributed by atoms with Crippen LogP contribution in [0.1, 0.15) is 25.8 Å². The molecular formula is C15H21N3O3S. The van der Waals surface area contributed by atoms with Crippen LogP contribution in [0.15, 0.2) is 35.1 Å². The maximum atomic E-state index is 12.2. The van der Waals surface area contributed by atoms with Gasteiger partial charge in [0.1, 0.15) is 0 Å². The van der Waals surface area contributed by atoms with Crippen LogP contribution in [0.3, 0.4) is 0 Å². The van der Waals surface area contributed by atoms with Gasteiger partial charge in [-0.05, 0) is 30.9 Å². The molecule has 0 saturated heterocycles. The van der Waals surface area contributed by atoms with Crippen LogP contribution < -0.4 is 10.3 Å². The maximum absolute atomic E-state index is 12.2. The highest BCUT2D eigenvalue weighted by Gasteiger charge is 2.21. The molecule has 2 N–H and O–H groups in total. The zero-order chi connectivity index (χ0) is 16.3. The van der Waals surface area contributed by atoms with E-state index in [1.807, 2.05) is 32.0 Å². The third-order valence-electron chi connectivity index (χ3n) is 3.87. The molecule has 0 aliphatic rings. The predicted molar refractivity (Wildman–Crippen MR) is 87.8 cm³/mol. The molecule has 7 heteroatoms. The molecule has 0 fully saturated rings. The van der Waals surface area contributed by atoms with E-state index in [1.54, 1.807) is 12.1 Å². The van der Waals surface area contributed by atoms with Gasteiger partial charge in [-0.1, -0.05) is 25.1 Å². The topological polar surface area (TPSA) is 82.3 Å². The van der Waals surface area contributed by atoms with E-state index < -0.39 is 10.2 Å². The molecule has 2 aromatic rings. The molecule has 1 aromatic heterocycles. The zero-order valence-electron chi connectivity index (χ0n) is 13.0. The van der Waals surface area contributed by atoms with E-state index in [1.165, 1.54) is 11.4 Å². The van der Waals surface area contributed by atoms with Crippen molar-refractivity contribution in [1.82, 2.24) is 14.0 Å². The van der Waals surface area contributed by atoms with Gasteiger partial charge in [-0.25, -0.2) is 0 Å². The summed E-state index contributed by atoms with van der Waals surface area (Å²) in [6.45, 7) is 3.72. The van der Waals surface area contributed by atoms with Crippen LogP contribution in [-0.2, 0) is 16.8 Å². The van der Waals surface area contributed by atoms with Crippen molar-refractivity contribution in [2.45, 2.75) is 32.9 Å². The van der Waals surface area contributed by atoms with E-state index in [2.05, 4.69) is 9.71 Å². The Balaban J connectivity index is 2.21. The number of nitrogens with one attached hydrogen (secondary N) is 2. The molecule has 6 nitrogen and oxygen atoms in total. The molecule has 2 rings (SSSR count). The van der Waals surface area contributed by atoms with Crippen LogP contribution in [0, 0.1) is 0 Å². The van der Waals surface area contributed by atoms with E-state index in [0.717, 1.165) is 10.9 Å². The summed E-state index contributed by atoms with van der Waals surface area (Å²) in [6, 6.07) is 8.98. The number of benzene rings is 1. The minimum Gasteiger partial charge on any atom is -0.322 e. The number of nitrogens with zero attached hydrogens (tertiary/aromatic N) is 1. The Morgan fingerprint density at radius 1 is 1.32 bits per heavy atom. The van der Waals surface area contributed by atoms with Gasteiger partial charge in [0, 0.05) is 30.7 Å². The molecule has 1 unspecified atom stereocenters. The fourth-order valence-corrected chi connectivity index (χ4v) is 3.25. The summed E-state index contributed by atoms with van der Waals surface area (Å²) < 4.78 is 28.1. The standard InChI is InChI=1S/C15H21N3O3S/c1-4-11(2)18(3)22(20,21)16-10-13-9-12-7-5-6-8-14(12)17-15(13)19/h5-9,11,16H,4,10H2,1-3H3,(H,17,19). The smallest absolute Gasteiger partial charge is 0.279 e. The first kappa shape index (κ1) is 16.7. The summed E-state index contributed by atoms with van der Waals surface area (Å²) in [5.41, 5.74) is 0.836. The van der Waals surface area contributed by atoms with Gasteiger partial charge >= 0.3 is 0 Å². The molecule has 1 atom stereocenters. The Hall–Kier alpha value is -1.70. The number of H-pyrrole nitrogens is 1. The van der Waals surface area contributed by atoms with Gasteiger partial charge in [-0.3, -0.25) is 4.79 Å². The van der Waals surface area contributed by atoms with Crippen molar-refractivity contribution >= 4 is 21.1 Å². The van der Waals surface area contributed by atoms with Gasteiger partial charge < -0.3 is 4.98 Å². The lowest BCUT2D eigenvalue weighted by Crippen LogP contribution is -2.43. The van der Waals surface area contributed by atoms with E-state index in [0.29, 0.717) is 12.0 Å². The number of fused-ring (bicyclic) bond motifs is 1. The van der Waals surface area contributed by atoms with Crippen LogP contribution >= 0.6 is 0 Å². The number of aromatic nitrogens is 1. The monoisotopic (exact) mass is 323 g/mol. The van der Waals surface area contributed by atoms with Gasteiger partial charge in [0.05, 0.1) is 0 Å². The summed E-state index contributed by atoms with van der Waals surface area (Å²) >= 11 is 0. The van der Waals surface area contributed by atoms with Crippen molar-refractivity contribution in [3.05, 3.63) is 46.2 Å². The quantitative estimate of drug-likeness (QED) is 0.847. The Morgan fingerprint density at radius 3 is 2.68 bits per heavy atom. The molecule has 0 spiro atoms. The molecule has 1 heterocycles. The molecule has 120 valence electrons. The van der Waals surface area contributed by atoms with Crippen molar-refractivity contribution in [3.63, 3.8) is 0 Å². The van der Waals surface area contributed by atoms with Crippen molar-refractivity contribution in [1.29, 1.82) is 0 Å². The summed E-state index contributed by atoms with van der Waals surface area (Å²) in [6.07, 6.45) is 0.716. The fourth-order valence-electron chi connectivity index (χ4n) is 2.09. The van der Waals surface area contributed by atoms with E-state index >= 15 is 0 Å². The first-order valence-corrected chi connectivity index (χ1v) is 8.62. The Morgan fingerprint density at radius 2 is 2.00 bits per heavy atom. The van der Waals surface area contributed by atoms with Crippen LogP contribution in [0.2, 0.25) is 0 Å². The molecule has 0 aliphatic carbocycles. The van der Waals surface area contributed by atoms with E-state index in [-0.39, 0.29) is 18.1 Å². The predicted octanol–water partition coefficient (Wildman–Crippen LogP) is 1.59. The van der Waals surface area contributed by atoms with Crippen LogP contribution in [0.25, 0.3) is 10.9 Å². The molecule has 0 bridgehead atoms. The fraction of sp³-hybridized carbons (Fsp3) is 0.400. The van der Waals surface area contributed by atoms with Gasteiger partial charge in [-0.2, -0.15) is 17.4 Å². The largest absolute Gasteiger partial charge is 0.322 e. The number of hydrogen-bond acceptors (Lipinski definition) is 3. The van der Waals surface area contributed by atoms with Gasteiger partial charge in [0.2, 0.25) is 0 Å². The minimum atomic E-state index is -3.61. The van der Waals surface area contributed by atoms with E-state index in [9.17, 15) is 13.2 Å². The second-order valence-electron chi connectivity index (χ2n) is 5.31. The summed E-state index contributed by atoms with van der Waals surface area (Å²) in [7, 11) is -2.08. The molecule has 0 saturated carbocycles. The van der Waals surface area contributed by atoms with Gasteiger partial charge in [0.25, 0.3) is 15.8 Å². The minimum absolute atomic E-state index is 0.0384. The summed E-state index contributed by atoms with van der Waals surface area (Å²) in [5.74, 6) is 0. The first-order valence-electron chi connectivity index (χ1n) is 7.18. The average Bonchev–Trinajstić information content (AvgIpc) is 2.51. The highest BCUT2D eigenvalue weighted by atomic mass is 32.2. The second-order valence-corrected chi connectivity index (χ2v) is 7.13. The molecule has 22 heavy (non-hydrogen) atoms. The average molecular weight is 323 g/mol. The lowest BCUT2D eigenvalue weighted by molar-refractivity contribution is 0.374. The highest BCUT2D eigenvalue weighted by Crippen LogP contribution is 2.11. The number of para-hydroxylation sites is 1. The number of pyridine rings is 1. The SMILES string of the molecule is CCC(C)N(C)S(=O)(=O)NCc1cc2ccccc2[nH]c1=O. The Bertz CT molecular complexity index is 814. The third-order valence-corrected chi connectivity index (χ3v) is 5.49. The molecule has 1 aromatic carbocycles. The number of hydrogen-bond donors (Lipinski definition) is 2. The highest BCUT2D eigenvalue weighted by molar-refractivity contribution is 7.87. The number of rotatable bonds is 6. The van der Waals surface area contributed by atoms with Gasteiger partial charge in [0.15, 0.2) is 0 Å². The Kier molecular flexibility index (Phi) is 5.00. The lowest BCUT2D eigenvalue weighted by atomic mass is 10.1. The molecule has 0 aliphatic heterocycles.